The van der Waals surface area contributed by atoms with E-state index < -0.39 is 4.92 Å². The van der Waals surface area contributed by atoms with Gasteiger partial charge < -0.3 is 5.32 Å². The van der Waals surface area contributed by atoms with E-state index in [4.69, 9.17) is 12.2 Å². The van der Waals surface area contributed by atoms with Gasteiger partial charge in [0.05, 0.1) is 16.5 Å². The maximum Gasteiger partial charge on any atom is 0.271 e. The van der Waals surface area contributed by atoms with Gasteiger partial charge in [0.15, 0.2) is 0 Å². The number of rotatable bonds is 5. The van der Waals surface area contributed by atoms with Crippen molar-refractivity contribution in [1.29, 1.82) is 0 Å². The molecule has 1 heterocycles. The minimum absolute atomic E-state index is 0.0145. The van der Waals surface area contributed by atoms with Crippen molar-refractivity contribution in [1.82, 2.24) is 4.90 Å². The molecule has 6 nitrogen and oxygen atoms in total. The zero-order valence-electron chi connectivity index (χ0n) is 12.9. The smallest absolute Gasteiger partial charge is 0.271 e. The summed E-state index contributed by atoms with van der Waals surface area (Å²) in [5, 5.41) is 13.8. The van der Waals surface area contributed by atoms with E-state index in [1.165, 1.54) is 28.8 Å². The van der Waals surface area contributed by atoms with Crippen LogP contribution in [-0.4, -0.2) is 26.7 Å². The van der Waals surface area contributed by atoms with Crippen molar-refractivity contribution in [3.8, 4) is 0 Å². The topological polar surface area (TPSA) is 75.5 Å². The van der Waals surface area contributed by atoms with Crippen molar-refractivity contribution in [3.05, 3.63) is 75.2 Å². The van der Waals surface area contributed by atoms with Crippen LogP contribution in [0.3, 0.4) is 0 Å². The van der Waals surface area contributed by atoms with E-state index in [1.807, 2.05) is 30.3 Å². The van der Waals surface area contributed by atoms with Crippen LogP contribution >= 0.6 is 24.0 Å². The molecule has 0 bridgehead atoms. The van der Waals surface area contributed by atoms with Crippen LogP contribution in [0.2, 0.25) is 0 Å². The average molecular weight is 371 g/mol. The molecule has 0 radical (unpaired) electrons. The third-order valence-electron chi connectivity index (χ3n) is 3.47. The van der Waals surface area contributed by atoms with Gasteiger partial charge in [0.2, 0.25) is 0 Å². The summed E-state index contributed by atoms with van der Waals surface area (Å²) in [5.41, 5.74) is 1.46. The highest BCUT2D eigenvalue weighted by Crippen LogP contribution is 2.32. The lowest BCUT2D eigenvalue weighted by Crippen LogP contribution is -2.33. The molecule has 0 spiro atoms. The number of thiocarbonyl (C=S) groups is 1. The first-order valence-corrected chi connectivity index (χ1v) is 8.56. The van der Waals surface area contributed by atoms with E-state index in [2.05, 4.69) is 5.32 Å². The summed E-state index contributed by atoms with van der Waals surface area (Å²) in [6.45, 7) is 0.151. The van der Waals surface area contributed by atoms with E-state index in [1.54, 1.807) is 18.2 Å². The first kappa shape index (κ1) is 17.1. The molecule has 0 saturated carbocycles. The van der Waals surface area contributed by atoms with Crippen molar-refractivity contribution < 1.29 is 9.72 Å². The first-order valence-electron chi connectivity index (χ1n) is 7.33. The predicted octanol–water partition coefficient (Wildman–Crippen LogP) is 3.87. The molecule has 1 fully saturated rings. The van der Waals surface area contributed by atoms with Gasteiger partial charge in [0, 0.05) is 17.8 Å². The van der Waals surface area contributed by atoms with Crippen LogP contribution in [0.1, 0.15) is 5.56 Å². The van der Waals surface area contributed by atoms with Gasteiger partial charge in [-0.05, 0) is 17.7 Å². The largest absolute Gasteiger partial charge is 0.367 e. The molecule has 25 heavy (non-hydrogen) atoms. The fourth-order valence-electron chi connectivity index (χ4n) is 2.24. The number of benzene rings is 2. The van der Waals surface area contributed by atoms with Crippen LogP contribution in [0, 0.1) is 10.1 Å². The molecular weight excluding hydrogens is 358 g/mol. The Morgan fingerprint density at radius 1 is 1.20 bits per heavy atom. The highest BCUT2D eigenvalue weighted by atomic mass is 32.2. The molecule has 0 unspecified atom stereocenters. The maximum atomic E-state index is 12.5. The molecule has 1 N–H and O–H groups in total. The summed E-state index contributed by atoms with van der Waals surface area (Å²) in [5.74, 6) is -0.184. The predicted molar refractivity (Wildman–Crippen MR) is 103 cm³/mol. The molecule has 2 aromatic rings. The molecule has 3 rings (SSSR count). The number of amides is 1. The number of non-ortho nitro benzene ring substituents is 1. The van der Waals surface area contributed by atoms with Crippen molar-refractivity contribution in [2.75, 3.05) is 12.0 Å². The Labute approximate surface area is 153 Å². The number of nitro groups is 1. The van der Waals surface area contributed by atoms with E-state index in [0.717, 1.165) is 5.56 Å². The van der Waals surface area contributed by atoms with Gasteiger partial charge in [-0.15, -0.1) is 0 Å². The first-order chi connectivity index (χ1) is 12.0. The number of anilines is 1. The number of carbonyl (C=O) groups is 1. The Morgan fingerprint density at radius 3 is 2.68 bits per heavy atom. The number of hydrogen-bond donors (Lipinski definition) is 1. The molecule has 8 heteroatoms. The lowest BCUT2D eigenvalue weighted by molar-refractivity contribution is -0.384. The normalized spacial score (nSPS) is 15.7. The average Bonchev–Trinajstić information content (AvgIpc) is 2.87. The molecule has 0 aliphatic carbocycles. The molecule has 2 aromatic carbocycles. The molecule has 126 valence electrons. The number of nitrogens with one attached hydrogen (secondary N) is 1. The minimum Gasteiger partial charge on any atom is -0.367 e. The van der Waals surface area contributed by atoms with Crippen molar-refractivity contribution in [3.63, 3.8) is 0 Å². The summed E-state index contributed by atoms with van der Waals surface area (Å²) >= 11 is 6.51. The quantitative estimate of drug-likeness (QED) is 0.372. The van der Waals surface area contributed by atoms with E-state index in [9.17, 15) is 14.9 Å². The van der Waals surface area contributed by atoms with Gasteiger partial charge in [0.1, 0.15) is 4.32 Å². The van der Waals surface area contributed by atoms with Gasteiger partial charge in [0.25, 0.3) is 11.6 Å². The van der Waals surface area contributed by atoms with Crippen molar-refractivity contribution >= 4 is 51.7 Å². The number of nitro benzene ring substituents is 1. The van der Waals surface area contributed by atoms with E-state index in [-0.39, 0.29) is 18.3 Å². The molecule has 1 aliphatic rings. The SMILES string of the molecule is O=C1C(=Cc2ccccc2)SC(=S)N1CNc1cccc([N+](=O)[O-])c1. The lowest BCUT2D eigenvalue weighted by atomic mass is 10.2. The van der Waals surface area contributed by atoms with Crippen LogP contribution in [-0.2, 0) is 4.79 Å². The Morgan fingerprint density at radius 2 is 1.96 bits per heavy atom. The highest BCUT2D eigenvalue weighted by Gasteiger charge is 2.31. The second-order valence-corrected chi connectivity index (χ2v) is 6.84. The Balaban J connectivity index is 1.70. The standard InChI is InChI=1S/C17H13N3O3S2/c21-16-15(9-12-5-2-1-3-6-12)25-17(24)19(16)11-18-13-7-4-8-14(10-13)20(22)23/h1-10,18H,11H2. The second kappa shape index (κ2) is 7.45. The Hall–Kier alpha value is -2.71. The third-order valence-corrected chi connectivity index (χ3v) is 4.85. The van der Waals surface area contributed by atoms with Gasteiger partial charge in [-0.3, -0.25) is 19.8 Å². The molecule has 0 atom stereocenters. The van der Waals surface area contributed by atoms with Gasteiger partial charge >= 0.3 is 0 Å². The summed E-state index contributed by atoms with van der Waals surface area (Å²) < 4.78 is 0.449. The van der Waals surface area contributed by atoms with E-state index >= 15 is 0 Å². The number of carbonyl (C=O) groups excluding carboxylic acids is 1. The van der Waals surface area contributed by atoms with Crippen LogP contribution in [0.5, 0.6) is 0 Å². The van der Waals surface area contributed by atoms with Crippen molar-refractivity contribution in [2.24, 2.45) is 0 Å². The Bertz CT molecular complexity index is 868. The van der Waals surface area contributed by atoms with Crippen LogP contribution in [0.4, 0.5) is 11.4 Å². The summed E-state index contributed by atoms with van der Waals surface area (Å²) in [4.78, 5) is 24.9. The molecule has 1 amide bonds. The zero-order valence-corrected chi connectivity index (χ0v) is 14.5. The van der Waals surface area contributed by atoms with Gasteiger partial charge in [-0.25, -0.2) is 0 Å². The fourth-order valence-corrected chi connectivity index (χ4v) is 3.49. The zero-order chi connectivity index (χ0) is 17.8. The molecule has 1 aliphatic heterocycles. The fraction of sp³-hybridized carbons (Fsp3) is 0.0588. The number of hydrogen-bond acceptors (Lipinski definition) is 6. The number of nitrogens with zero attached hydrogens (tertiary/aromatic N) is 2. The van der Waals surface area contributed by atoms with Gasteiger partial charge in [-0.1, -0.05) is 60.4 Å². The lowest BCUT2D eigenvalue weighted by Gasteiger charge is -2.16. The summed E-state index contributed by atoms with van der Waals surface area (Å²) in [7, 11) is 0. The monoisotopic (exact) mass is 371 g/mol. The Kier molecular flexibility index (Phi) is 5.11. The van der Waals surface area contributed by atoms with Crippen molar-refractivity contribution in [2.45, 2.75) is 0 Å². The van der Waals surface area contributed by atoms with E-state index in [0.29, 0.717) is 14.9 Å². The summed E-state index contributed by atoms with van der Waals surface area (Å²) in [6.07, 6.45) is 1.80. The van der Waals surface area contributed by atoms with Gasteiger partial charge in [-0.2, -0.15) is 0 Å². The molecule has 1 saturated heterocycles. The molecule has 0 aromatic heterocycles. The third kappa shape index (κ3) is 4.04. The van der Waals surface area contributed by atoms with Crippen LogP contribution in [0.15, 0.2) is 59.5 Å². The van der Waals surface area contributed by atoms with Crippen LogP contribution < -0.4 is 5.32 Å². The minimum atomic E-state index is -0.465. The highest BCUT2D eigenvalue weighted by molar-refractivity contribution is 8.26. The van der Waals surface area contributed by atoms with Crippen LogP contribution in [0.25, 0.3) is 6.08 Å². The summed E-state index contributed by atoms with van der Waals surface area (Å²) in [6, 6.07) is 15.6. The second-order valence-electron chi connectivity index (χ2n) is 5.16. The molecular formula is C17H13N3O3S2. The maximum absolute atomic E-state index is 12.5. The number of thioether (sulfide) groups is 1.